The molecule has 1 aromatic carbocycles. The van der Waals surface area contributed by atoms with Crippen LogP contribution in [0.4, 0.5) is 10.1 Å². The van der Waals surface area contributed by atoms with E-state index in [9.17, 15) is 4.39 Å². The predicted octanol–water partition coefficient (Wildman–Crippen LogP) is 2.41. The second-order valence-electron chi connectivity index (χ2n) is 3.00. The van der Waals surface area contributed by atoms with E-state index in [-0.39, 0.29) is 5.02 Å². The van der Waals surface area contributed by atoms with Gasteiger partial charge in [-0.2, -0.15) is 0 Å². The van der Waals surface area contributed by atoms with E-state index in [1.54, 1.807) is 13.2 Å². The Kier molecular flexibility index (Phi) is 5.45. The van der Waals surface area contributed by atoms with Gasteiger partial charge in [0.05, 0.1) is 11.6 Å². The Balaban J connectivity index is 2.46. The zero-order valence-electron chi connectivity index (χ0n) is 8.72. The van der Waals surface area contributed by atoms with Crippen molar-refractivity contribution in [3.63, 3.8) is 0 Å². The minimum Gasteiger partial charge on any atom is -0.383 e. The number of rotatable bonds is 4. The lowest BCUT2D eigenvalue weighted by Gasteiger charge is -2.10. The first-order chi connectivity index (χ1) is 7.63. The Morgan fingerprint density at radius 2 is 2.31 bits per heavy atom. The van der Waals surface area contributed by atoms with Crippen LogP contribution in [-0.2, 0) is 4.74 Å². The summed E-state index contributed by atoms with van der Waals surface area (Å²) in [5.41, 5.74) is 0.553. The molecule has 0 heterocycles. The summed E-state index contributed by atoms with van der Waals surface area (Å²) in [6.07, 6.45) is 0. The van der Waals surface area contributed by atoms with Crippen molar-refractivity contribution < 1.29 is 9.13 Å². The summed E-state index contributed by atoms with van der Waals surface area (Å²) in [6.45, 7) is 1.15. The zero-order valence-corrected chi connectivity index (χ0v) is 10.3. The molecule has 0 atom stereocenters. The van der Waals surface area contributed by atoms with Crippen molar-refractivity contribution in [3.05, 3.63) is 29.0 Å². The van der Waals surface area contributed by atoms with Crippen molar-refractivity contribution in [2.75, 3.05) is 25.6 Å². The predicted molar refractivity (Wildman–Crippen MR) is 67.5 cm³/mol. The third kappa shape index (κ3) is 4.30. The van der Waals surface area contributed by atoms with Crippen LogP contribution in [0.25, 0.3) is 0 Å². The summed E-state index contributed by atoms with van der Waals surface area (Å²) in [5.74, 6) is -0.480. The van der Waals surface area contributed by atoms with Crippen molar-refractivity contribution in [1.29, 1.82) is 0 Å². The van der Waals surface area contributed by atoms with Crippen LogP contribution in [0.15, 0.2) is 18.2 Å². The number of methoxy groups -OCH3 is 1. The molecule has 88 valence electrons. The van der Waals surface area contributed by atoms with E-state index in [1.807, 2.05) is 0 Å². The van der Waals surface area contributed by atoms with Gasteiger partial charge in [0.1, 0.15) is 5.82 Å². The molecule has 0 aromatic heterocycles. The molecule has 3 nitrogen and oxygen atoms in total. The third-order valence-corrected chi connectivity index (χ3v) is 2.32. The summed E-state index contributed by atoms with van der Waals surface area (Å²) in [5, 5.41) is 6.24. The zero-order chi connectivity index (χ0) is 12.0. The van der Waals surface area contributed by atoms with E-state index in [2.05, 4.69) is 10.6 Å². The molecule has 0 fully saturated rings. The van der Waals surface area contributed by atoms with E-state index in [0.29, 0.717) is 24.0 Å². The number of halogens is 2. The van der Waals surface area contributed by atoms with Crippen LogP contribution in [-0.4, -0.2) is 25.4 Å². The Morgan fingerprint density at radius 3 is 2.94 bits per heavy atom. The van der Waals surface area contributed by atoms with Crippen LogP contribution >= 0.6 is 23.8 Å². The molecule has 0 radical (unpaired) electrons. The van der Waals surface area contributed by atoms with Gasteiger partial charge in [0.25, 0.3) is 0 Å². The summed E-state index contributed by atoms with van der Waals surface area (Å²) in [4.78, 5) is 0. The van der Waals surface area contributed by atoms with Crippen LogP contribution in [0.3, 0.4) is 0 Å². The highest BCUT2D eigenvalue weighted by atomic mass is 35.5. The van der Waals surface area contributed by atoms with E-state index in [4.69, 9.17) is 28.6 Å². The molecule has 0 saturated carbocycles. The smallest absolute Gasteiger partial charge is 0.170 e. The Bertz CT molecular complexity index is 376. The van der Waals surface area contributed by atoms with Gasteiger partial charge in [0.2, 0.25) is 0 Å². The second-order valence-corrected chi connectivity index (χ2v) is 3.82. The fourth-order valence-corrected chi connectivity index (χ4v) is 1.35. The molecule has 0 unspecified atom stereocenters. The molecule has 0 aliphatic heterocycles. The van der Waals surface area contributed by atoms with Gasteiger partial charge in [-0.3, -0.25) is 0 Å². The number of hydrogen-bond donors (Lipinski definition) is 2. The Hall–Kier alpha value is -0.910. The minimum atomic E-state index is -0.480. The van der Waals surface area contributed by atoms with E-state index in [0.717, 1.165) is 0 Å². The van der Waals surface area contributed by atoms with Gasteiger partial charge >= 0.3 is 0 Å². The number of ether oxygens (including phenoxy) is 1. The van der Waals surface area contributed by atoms with E-state index < -0.39 is 5.82 Å². The van der Waals surface area contributed by atoms with Gasteiger partial charge in [0, 0.05) is 19.3 Å². The number of thiocarbonyl (C=S) groups is 1. The molecule has 0 amide bonds. The van der Waals surface area contributed by atoms with Crippen molar-refractivity contribution in [2.24, 2.45) is 0 Å². The SMILES string of the molecule is COCCNC(=S)Nc1ccc(Cl)c(F)c1. The number of benzene rings is 1. The maximum absolute atomic E-state index is 13.1. The summed E-state index contributed by atoms with van der Waals surface area (Å²) in [7, 11) is 1.60. The molecule has 1 aromatic rings. The summed E-state index contributed by atoms with van der Waals surface area (Å²) >= 11 is 10.5. The van der Waals surface area contributed by atoms with Crippen molar-refractivity contribution in [2.45, 2.75) is 0 Å². The summed E-state index contributed by atoms with van der Waals surface area (Å²) < 4.78 is 17.9. The van der Waals surface area contributed by atoms with Gasteiger partial charge in [-0.1, -0.05) is 11.6 Å². The highest BCUT2D eigenvalue weighted by molar-refractivity contribution is 7.80. The average Bonchev–Trinajstić information content (AvgIpc) is 2.24. The fourth-order valence-electron chi connectivity index (χ4n) is 1.02. The van der Waals surface area contributed by atoms with Crippen LogP contribution in [0.1, 0.15) is 0 Å². The molecule has 0 aliphatic rings. The summed E-state index contributed by atoms with van der Waals surface area (Å²) in [6, 6.07) is 4.40. The van der Waals surface area contributed by atoms with Crippen LogP contribution in [0, 0.1) is 5.82 Å². The first kappa shape index (κ1) is 13.2. The normalized spacial score (nSPS) is 9.94. The van der Waals surface area contributed by atoms with Gasteiger partial charge in [-0.25, -0.2) is 4.39 Å². The topological polar surface area (TPSA) is 33.3 Å². The molecule has 1 rings (SSSR count). The molecule has 0 spiro atoms. The minimum absolute atomic E-state index is 0.0869. The molecule has 6 heteroatoms. The quantitative estimate of drug-likeness (QED) is 0.645. The van der Waals surface area contributed by atoms with Crippen LogP contribution in [0.5, 0.6) is 0 Å². The first-order valence-corrected chi connectivity index (χ1v) is 5.41. The molecule has 0 saturated heterocycles. The monoisotopic (exact) mass is 262 g/mol. The molecule has 0 bridgehead atoms. The van der Waals surface area contributed by atoms with Gasteiger partial charge < -0.3 is 15.4 Å². The van der Waals surface area contributed by atoms with Gasteiger partial charge in [-0.05, 0) is 30.4 Å². The Labute approximate surface area is 104 Å². The van der Waals surface area contributed by atoms with Gasteiger partial charge in [-0.15, -0.1) is 0 Å². The highest BCUT2D eigenvalue weighted by Gasteiger charge is 2.02. The number of nitrogens with one attached hydrogen (secondary N) is 2. The maximum Gasteiger partial charge on any atom is 0.170 e. The van der Waals surface area contributed by atoms with E-state index in [1.165, 1.54) is 12.1 Å². The first-order valence-electron chi connectivity index (χ1n) is 4.62. The molecule has 0 aliphatic carbocycles. The standard InChI is InChI=1S/C10H12ClFN2OS/c1-15-5-4-13-10(16)14-7-2-3-8(11)9(12)6-7/h2-3,6H,4-5H2,1H3,(H2,13,14,16). The lowest BCUT2D eigenvalue weighted by molar-refractivity contribution is 0.204. The number of hydrogen-bond acceptors (Lipinski definition) is 2. The lowest BCUT2D eigenvalue weighted by Crippen LogP contribution is -2.31. The Morgan fingerprint density at radius 1 is 1.56 bits per heavy atom. The van der Waals surface area contributed by atoms with Crippen LogP contribution in [0.2, 0.25) is 5.02 Å². The molecule has 16 heavy (non-hydrogen) atoms. The molecular formula is C10H12ClFN2OS. The highest BCUT2D eigenvalue weighted by Crippen LogP contribution is 2.18. The second kappa shape index (κ2) is 6.62. The maximum atomic E-state index is 13.1. The average molecular weight is 263 g/mol. The van der Waals surface area contributed by atoms with Crippen molar-refractivity contribution in [3.8, 4) is 0 Å². The van der Waals surface area contributed by atoms with Crippen LogP contribution < -0.4 is 10.6 Å². The van der Waals surface area contributed by atoms with Gasteiger partial charge in [0.15, 0.2) is 5.11 Å². The third-order valence-electron chi connectivity index (χ3n) is 1.77. The van der Waals surface area contributed by atoms with E-state index >= 15 is 0 Å². The van der Waals surface area contributed by atoms with Crippen molar-refractivity contribution >= 4 is 34.6 Å². The molecule has 2 N–H and O–H groups in total. The lowest BCUT2D eigenvalue weighted by atomic mass is 10.3. The fraction of sp³-hybridized carbons (Fsp3) is 0.300. The largest absolute Gasteiger partial charge is 0.383 e. The molecular weight excluding hydrogens is 251 g/mol. The van der Waals surface area contributed by atoms with Crippen molar-refractivity contribution in [1.82, 2.24) is 5.32 Å². The number of anilines is 1.